The molecule has 0 amide bonds. The molecule has 5 heteroatoms. The van der Waals surface area contributed by atoms with Crippen molar-refractivity contribution in [2.24, 2.45) is 0 Å². The van der Waals surface area contributed by atoms with E-state index in [1.807, 2.05) is 36.7 Å². The van der Waals surface area contributed by atoms with Crippen LogP contribution >= 0.6 is 0 Å². The first kappa shape index (κ1) is 17.1. The number of nitrogens with zero attached hydrogens (tertiary/aromatic N) is 3. The zero-order chi connectivity index (χ0) is 17.6. The largest absolute Gasteiger partial charge is 0.494 e. The van der Waals surface area contributed by atoms with Gasteiger partial charge in [0.05, 0.1) is 30.9 Å². The van der Waals surface area contributed by atoms with Gasteiger partial charge in [0.15, 0.2) is 0 Å². The maximum atomic E-state index is 5.93. The number of rotatable bonds is 7. The Kier molecular flexibility index (Phi) is 5.47. The molecule has 0 saturated carbocycles. The van der Waals surface area contributed by atoms with Gasteiger partial charge in [-0.25, -0.2) is 4.98 Å². The fourth-order valence-electron chi connectivity index (χ4n) is 3.33. The lowest BCUT2D eigenvalue weighted by Gasteiger charge is -2.26. The fraction of sp³-hybridized carbons (Fsp3) is 0.381. The Balaban J connectivity index is 1.30. The van der Waals surface area contributed by atoms with E-state index in [9.17, 15) is 0 Å². The molecule has 0 N–H and O–H groups in total. The lowest BCUT2D eigenvalue weighted by Crippen LogP contribution is -2.36. The zero-order valence-electron chi connectivity index (χ0n) is 15.0. The number of fused-ring (bicyclic) bond motifs is 1. The first-order valence-corrected chi connectivity index (χ1v) is 9.35. The van der Waals surface area contributed by atoms with Crippen molar-refractivity contribution in [1.82, 2.24) is 14.5 Å². The summed E-state index contributed by atoms with van der Waals surface area (Å²) in [6.45, 7) is 5.73. The number of unbranched alkanes of at least 4 members (excludes halogenated alkanes) is 1. The fourth-order valence-corrected chi connectivity index (χ4v) is 3.33. The third-order valence-electron chi connectivity index (χ3n) is 4.79. The van der Waals surface area contributed by atoms with Crippen LogP contribution in [0.3, 0.4) is 0 Å². The molecule has 1 fully saturated rings. The van der Waals surface area contributed by atoms with Crippen LogP contribution in [0.15, 0.2) is 54.9 Å². The maximum Gasteiger partial charge on any atom is 0.121 e. The highest BCUT2D eigenvalue weighted by Gasteiger charge is 2.09. The Morgan fingerprint density at radius 3 is 2.69 bits per heavy atom. The van der Waals surface area contributed by atoms with Crippen LogP contribution in [0.2, 0.25) is 0 Å². The number of ether oxygens (including phenoxy) is 2. The molecule has 0 atom stereocenters. The normalized spacial score (nSPS) is 15.4. The minimum Gasteiger partial charge on any atom is -0.494 e. The van der Waals surface area contributed by atoms with Gasteiger partial charge in [-0.3, -0.25) is 9.47 Å². The van der Waals surface area contributed by atoms with Crippen LogP contribution in [0.4, 0.5) is 0 Å². The average Bonchev–Trinajstić information content (AvgIpc) is 3.12. The molecule has 0 aliphatic carbocycles. The van der Waals surface area contributed by atoms with Crippen molar-refractivity contribution in [3.05, 3.63) is 54.9 Å². The van der Waals surface area contributed by atoms with Crippen molar-refractivity contribution in [2.45, 2.75) is 12.8 Å². The summed E-state index contributed by atoms with van der Waals surface area (Å²) in [6, 6.07) is 16.4. The molecular weight excluding hydrogens is 326 g/mol. The molecule has 0 radical (unpaired) electrons. The van der Waals surface area contributed by atoms with Gasteiger partial charge in [0.2, 0.25) is 0 Å². The Hall–Kier alpha value is -2.37. The van der Waals surface area contributed by atoms with Crippen LogP contribution < -0.4 is 4.74 Å². The van der Waals surface area contributed by atoms with Gasteiger partial charge < -0.3 is 9.47 Å². The van der Waals surface area contributed by atoms with Crippen LogP contribution in [-0.4, -0.2) is 53.9 Å². The van der Waals surface area contributed by atoms with Gasteiger partial charge >= 0.3 is 0 Å². The van der Waals surface area contributed by atoms with Gasteiger partial charge in [0.1, 0.15) is 12.1 Å². The van der Waals surface area contributed by atoms with Gasteiger partial charge in [-0.15, -0.1) is 0 Å². The molecule has 136 valence electrons. The van der Waals surface area contributed by atoms with Crippen LogP contribution in [0.25, 0.3) is 16.7 Å². The topological polar surface area (TPSA) is 39.5 Å². The van der Waals surface area contributed by atoms with Crippen molar-refractivity contribution in [1.29, 1.82) is 0 Å². The van der Waals surface area contributed by atoms with E-state index in [1.54, 1.807) is 0 Å². The number of hydrogen-bond acceptors (Lipinski definition) is 4. The summed E-state index contributed by atoms with van der Waals surface area (Å²) in [4.78, 5) is 6.99. The van der Waals surface area contributed by atoms with E-state index < -0.39 is 0 Å². The minimum atomic E-state index is 0.745. The summed E-state index contributed by atoms with van der Waals surface area (Å²) in [5, 5.41) is 0. The molecule has 1 saturated heterocycles. The Bertz CT molecular complexity index is 826. The summed E-state index contributed by atoms with van der Waals surface area (Å²) in [5.74, 6) is 0.891. The van der Waals surface area contributed by atoms with Crippen molar-refractivity contribution in [3.8, 4) is 11.4 Å². The Morgan fingerprint density at radius 2 is 1.85 bits per heavy atom. The van der Waals surface area contributed by atoms with E-state index in [2.05, 4.69) is 32.7 Å². The SMILES string of the molecule is c1ccc(-n2cnc3cc(OCCCCN4CCOCC4)ccc32)cc1. The van der Waals surface area contributed by atoms with Crippen LogP contribution in [0.5, 0.6) is 5.75 Å². The van der Waals surface area contributed by atoms with E-state index in [0.717, 1.165) is 74.8 Å². The van der Waals surface area contributed by atoms with Crippen LogP contribution in [-0.2, 0) is 4.74 Å². The number of aromatic nitrogens is 2. The molecule has 2 heterocycles. The van der Waals surface area contributed by atoms with Crippen molar-refractivity contribution >= 4 is 11.0 Å². The average molecular weight is 351 g/mol. The molecule has 1 aromatic heterocycles. The third-order valence-corrected chi connectivity index (χ3v) is 4.79. The van der Waals surface area contributed by atoms with E-state index in [4.69, 9.17) is 9.47 Å². The van der Waals surface area contributed by atoms with Gasteiger partial charge in [-0.1, -0.05) is 18.2 Å². The van der Waals surface area contributed by atoms with E-state index in [0.29, 0.717) is 0 Å². The number of morpholine rings is 1. The molecular formula is C21H25N3O2. The van der Waals surface area contributed by atoms with Gasteiger partial charge in [-0.05, 0) is 43.7 Å². The van der Waals surface area contributed by atoms with Crippen molar-refractivity contribution in [2.75, 3.05) is 39.5 Å². The molecule has 5 nitrogen and oxygen atoms in total. The second-order valence-corrected chi connectivity index (χ2v) is 6.61. The van der Waals surface area contributed by atoms with E-state index in [1.165, 1.54) is 0 Å². The molecule has 0 bridgehead atoms. The highest BCUT2D eigenvalue weighted by atomic mass is 16.5. The molecule has 4 rings (SSSR count). The van der Waals surface area contributed by atoms with E-state index in [-0.39, 0.29) is 0 Å². The summed E-state index contributed by atoms with van der Waals surface area (Å²) in [5.41, 5.74) is 3.17. The first-order valence-electron chi connectivity index (χ1n) is 9.35. The standard InChI is InChI=1S/C21H25N3O2/c1-2-6-18(7-3-1)24-17-22-20-16-19(8-9-21(20)24)26-13-5-4-10-23-11-14-25-15-12-23/h1-3,6-9,16-17H,4-5,10-15H2. The molecule has 3 aromatic rings. The number of hydrogen-bond donors (Lipinski definition) is 0. The molecule has 0 unspecified atom stereocenters. The van der Waals surface area contributed by atoms with Crippen LogP contribution in [0.1, 0.15) is 12.8 Å². The highest BCUT2D eigenvalue weighted by molar-refractivity contribution is 5.78. The third kappa shape index (κ3) is 4.06. The molecule has 26 heavy (non-hydrogen) atoms. The monoisotopic (exact) mass is 351 g/mol. The highest BCUT2D eigenvalue weighted by Crippen LogP contribution is 2.22. The quantitative estimate of drug-likeness (QED) is 0.611. The number of imidazole rings is 1. The van der Waals surface area contributed by atoms with E-state index >= 15 is 0 Å². The summed E-state index contributed by atoms with van der Waals surface area (Å²) in [6.07, 6.45) is 4.09. The molecule has 2 aromatic carbocycles. The predicted octanol–water partition coefficient (Wildman–Crippen LogP) is 3.52. The van der Waals surface area contributed by atoms with Gasteiger partial charge in [0.25, 0.3) is 0 Å². The number of benzene rings is 2. The lowest BCUT2D eigenvalue weighted by atomic mass is 10.2. The first-order chi connectivity index (χ1) is 12.9. The second kappa shape index (κ2) is 8.34. The second-order valence-electron chi connectivity index (χ2n) is 6.61. The Labute approximate surface area is 154 Å². The zero-order valence-corrected chi connectivity index (χ0v) is 15.0. The van der Waals surface area contributed by atoms with Crippen molar-refractivity contribution in [3.63, 3.8) is 0 Å². The van der Waals surface area contributed by atoms with Crippen molar-refractivity contribution < 1.29 is 9.47 Å². The van der Waals surface area contributed by atoms with Crippen LogP contribution in [0, 0.1) is 0 Å². The smallest absolute Gasteiger partial charge is 0.121 e. The number of para-hydroxylation sites is 1. The maximum absolute atomic E-state index is 5.93. The molecule has 0 spiro atoms. The molecule has 1 aliphatic rings. The van der Waals surface area contributed by atoms with Gasteiger partial charge in [0, 0.05) is 24.8 Å². The Morgan fingerprint density at radius 1 is 1.00 bits per heavy atom. The molecule has 1 aliphatic heterocycles. The minimum absolute atomic E-state index is 0.745. The predicted molar refractivity (Wildman–Crippen MR) is 103 cm³/mol. The summed E-state index contributed by atoms with van der Waals surface area (Å²) >= 11 is 0. The summed E-state index contributed by atoms with van der Waals surface area (Å²) in [7, 11) is 0. The lowest BCUT2D eigenvalue weighted by molar-refractivity contribution is 0.0368. The summed E-state index contributed by atoms with van der Waals surface area (Å²) < 4.78 is 13.4. The van der Waals surface area contributed by atoms with Gasteiger partial charge in [-0.2, -0.15) is 0 Å².